The van der Waals surface area contributed by atoms with E-state index in [-0.39, 0.29) is 36.2 Å². The van der Waals surface area contributed by atoms with Crippen LogP contribution in [0.3, 0.4) is 0 Å². The highest BCUT2D eigenvalue weighted by Gasteiger charge is 2.35. The fraction of sp³-hybridized carbons (Fsp3) is 0.276. The van der Waals surface area contributed by atoms with Gasteiger partial charge in [-0.2, -0.15) is 0 Å². The number of amides is 4. The molecule has 1 aromatic carbocycles. The Bertz CT molecular complexity index is 1650. The standard InChI is InChI=1S/C29H27ClN6O4S/c1-16-14-23(40-17-6-3-2-4-7-17)32-15-21(16)36-20-11-13-31-28-24(20)25(35-29(36)39)26(41-28)27(38)34-19-9-5-8-18(19)33-22(37)10-12-30/h2-4,6-7,11,13-15,18-19H,5,8-10,12H2,1H3,(H,33,37)(H,34,38)(H,35,39)/t18-,19+/m0/s1. The summed E-state index contributed by atoms with van der Waals surface area (Å²) in [5.74, 6) is 0.872. The summed E-state index contributed by atoms with van der Waals surface area (Å²) in [5.41, 5.74) is 2.41. The largest absolute Gasteiger partial charge is 0.439 e. The van der Waals surface area contributed by atoms with E-state index in [1.807, 2.05) is 37.3 Å². The number of rotatable bonds is 8. The molecular weight excluding hydrogens is 564 g/mol. The van der Waals surface area contributed by atoms with E-state index >= 15 is 0 Å². The Morgan fingerprint density at radius 2 is 1.90 bits per heavy atom. The van der Waals surface area contributed by atoms with Gasteiger partial charge in [-0.25, -0.2) is 14.8 Å². The van der Waals surface area contributed by atoms with Crippen molar-refractivity contribution in [1.29, 1.82) is 0 Å². The van der Waals surface area contributed by atoms with E-state index in [0.717, 1.165) is 24.8 Å². The van der Waals surface area contributed by atoms with Crippen LogP contribution in [0, 0.1) is 6.92 Å². The predicted molar refractivity (Wildman–Crippen MR) is 159 cm³/mol. The molecule has 6 rings (SSSR count). The normalized spacial score (nSPS) is 17.8. The summed E-state index contributed by atoms with van der Waals surface area (Å²) < 4.78 is 5.86. The van der Waals surface area contributed by atoms with Crippen molar-refractivity contribution in [2.75, 3.05) is 16.1 Å². The van der Waals surface area contributed by atoms with Crippen LogP contribution in [0.15, 0.2) is 54.9 Å². The van der Waals surface area contributed by atoms with Crippen LogP contribution in [0.2, 0.25) is 0 Å². The molecule has 3 aromatic heterocycles. The van der Waals surface area contributed by atoms with Crippen LogP contribution in [0.4, 0.5) is 21.9 Å². The Hall–Kier alpha value is -4.22. The third-order valence-electron chi connectivity index (χ3n) is 7.22. The van der Waals surface area contributed by atoms with Crippen molar-refractivity contribution in [1.82, 2.24) is 20.6 Å². The van der Waals surface area contributed by atoms with E-state index in [1.165, 1.54) is 11.3 Å². The van der Waals surface area contributed by atoms with Crippen molar-refractivity contribution in [2.24, 2.45) is 0 Å². The van der Waals surface area contributed by atoms with Gasteiger partial charge < -0.3 is 20.7 Å². The number of anilines is 3. The van der Waals surface area contributed by atoms with Crippen molar-refractivity contribution in [3.05, 3.63) is 65.3 Å². The highest BCUT2D eigenvalue weighted by atomic mass is 35.5. The van der Waals surface area contributed by atoms with E-state index in [2.05, 4.69) is 25.9 Å². The third-order valence-corrected chi connectivity index (χ3v) is 8.50. The zero-order valence-electron chi connectivity index (χ0n) is 22.1. The number of benzene rings is 1. The summed E-state index contributed by atoms with van der Waals surface area (Å²) >= 11 is 6.92. The molecule has 12 heteroatoms. The van der Waals surface area contributed by atoms with Crippen molar-refractivity contribution in [2.45, 2.75) is 44.7 Å². The molecule has 0 unspecified atom stereocenters. The number of carbonyl (C=O) groups is 3. The average Bonchev–Trinajstić information content (AvgIpc) is 3.55. The molecule has 3 N–H and O–H groups in total. The number of pyridine rings is 2. The Kier molecular flexibility index (Phi) is 7.46. The molecule has 10 nitrogen and oxygen atoms in total. The Labute approximate surface area is 245 Å². The molecule has 4 aromatic rings. The van der Waals surface area contributed by atoms with Crippen molar-refractivity contribution >= 4 is 68.1 Å². The van der Waals surface area contributed by atoms with E-state index in [0.29, 0.717) is 43.8 Å². The van der Waals surface area contributed by atoms with E-state index < -0.39 is 6.03 Å². The van der Waals surface area contributed by atoms with Gasteiger partial charge in [0.2, 0.25) is 11.8 Å². The summed E-state index contributed by atoms with van der Waals surface area (Å²) in [7, 11) is 0. The quantitative estimate of drug-likeness (QED) is 0.220. The number of thiophene rings is 1. The molecule has 4 heterocycles. The first-order chi connectivity index (χ1) is 19.9. The van der Waals surface area contributed by atoms with Crippen LogP contribution in [0.5, 0.6) is 11.6 Å². The van der Waals surface area contributed by atoms with Crippen molar-refractivity contribution in [3.63, 3.8) is 0 Å². The highest BCUT2D eigenvalue weighted by molar-refractivity contribution is 7.21. The molecule has 0 spiro atoms. The second kappa shape index (κ2) is 11.3. The van der Waals surface area contributed by atoms with Gasteiger partial charge in [-0.15, -0.1) is 22.9 Å². The van der Waals surface area contributed by atoms with Gasteiger partial charge in [-0.3, -0.25) is 14.5 Å². The number of alkyl halides is 1. The molecule has 4 amide bonds. The predicted octanol–water partition coefficient (Wildman–Crippen LogP) is 5.87. The molecule has 2 aliphatic rings. The maximum absolute atomic E-state index is 13.5. The lowest BCUT2D eigenvalue weighted by molar-refractivity contribution is -0.121. The maximum atomic E-state index is 13.5. The number of hydrogen-bond acceptors (Lipinski definition) is 7. The maximum Gasteiger partial charge on any atom is 0.331 e. The Balaban J connectivity index is 1.28. The molecule has 1 aliphatic carbocycles. The summed E-state index contributed by atoms with van der Waals surface area (Å²) in [5, 5.41) is 9.66. The molecule has 0 radical (unpaired) electrons. The summed E-state index contributed by atoms with van der Waals surface area (Å²) in [6.07, 6.45) is 5.86. The van der Waals surface area contributed by atoms with Crippen LogP contribution in [0.25, 0.3) is 10.2 Å². The van der Waals surface area contributed by atoms with Crippen molar-refractivity contribution in [3.8, 4) is 11.6 Å². The van der Waals surface area contributed by atoms with Gasteiger partial charge in [-0.05, 0) is 49.9 Å². The number of halogens is 1. The number of para-hydroxylation sites is 1. The SMILES string of the molecule is Cc1cc(Oc2ccccc2)ncc1N1C(=O)Nc2c(C(=O)N[C@@H]3CCC[C@@H]3NC(=O)CCCl)sc3nccc1c23. The van der Waals surface area contributed by atoms with E-state index in [4.69, 9.17) is 16.3 Å². The first-order valence-corrected chi connectivity index (χ1v) is 14.7. The molecular formula is C29H27ClN6O4S. The number of aromatic nitrogens is 2. The van der Waals surface area contributed by atoms with Gasteiger partial charge in [0.25, 0.3) is 5.91 Å². The molecule has 210 valence electrons. The molecule has 0 saturated heterocycles. The number of carbonyl (C=O) groups excluding carboxylic acids is 3. The van der Waals surface area contributed by atoms with Crippen LogP contribution >= 0.6 is 22.9 Å². The number of urea groups is 1. The molecule has 1 saturated carbocycles. The van der Waals surface area contributed by atoms with Gasteiger partial charge >= 0.3 is 6.03 Å². The molecule has 1 aliphatic heterocycles. The first-order valence-electron chi connectivity index (χ1n) is 13.3. The third kappa shape index (κ3) is 5.30. The van der Waals surface area contributed by atoms with Crippen LogP contribution in [0.1, 0.15) is 40.9 Å². The van der Waals surface area contributed by atoms with E-state index in [9.17, 15) is 14.4 Å². The number of hydrogen-bond donors (Lipinski definition) is 3. The van der Waals surface area contributed by atoms with Gasteiger partial charge in [0.05, 0.1) is 28.6 Å². The Morgan fingerprint density at radius 3 is 2.66 bits per heavy atom. The van der Waals surface area contributed by atoms with Crippen LogP contribution < -0.4 is 25.6 Å². The number of nitrogens with one attached hydrogen (secondary N) is 3. The van der Waals surface area contributed by atoms with Gasteiger partial charge in [0.15, 0.2) is 0 Å². The number of ether oxygens (including phenoxy) is 1. The molecule has 41 heavy (non-hydrogen) atoms. The minimum Gasteiger partial charge on any atom is -0.439 e. The van der Waals surface area contributed by atoms with E-state index in [1.54, 1.807) is 29.4 Å². The molecule has 1 fully saturated rings. The lowest BCUT2D eigenvalue weighted by Gasteiger charge is -2.29. The zero-order valence-corrected chi connectivity index (χ0v) is 23.7. The second-order valence-corrected chi connectivity index (χ2v) is 11.3. The highest BCUT2D eigenvalue weighted by Crippen LogP contribution is 2.46. The Morgan fingerprint density at radius 1 is 1.12 bits per heavy atom. The lowest BCUT2D eigenvalue weighted by Crippen LogP contribution is -2.48. The monoisotopic (exact) mass is 590 g/mol. The summed E-state index contributed by atoms with van der Waals surface area (Å²) in [6, 6.07) is 12.1. The minimum absolute atomic E-state index is 0.131. The minimum atomic E-state index is -0.411. The first kappa shape index (κ1) is 27.0. The summed E-state index contributed by atoms with van der Waals surface area (Å²) in [4.78, 5) is 50.6. The van der Waals surface area contributed by atoms with Gasteiger partial charge in [0.1, 0.15) is 15.5 Å². The molecule has 2 atom stereocenters. The van der Waals surface area contributed by atoms with Gasteiger partial charge in [0, 0.05) is 36.6 Å². The van der Waals surface area contributed by atoms with Crippen LogP contribution in [-0.4, -0.2) is 45.8 Å². The van der Waals surface area contributed by atoms with Gasteiger partial charge in [-0.1, -0.05) is 18.2 Å². The molecule has 0 bridgehead atoms. The van der Waals surface area contributed by atoms with Crippen LogP contribution in [-0.2, 0) is 4.79 Å². The average molecular weight is 591 g/mol. The number of nitrogens with zero attached hydrogens (tertiary/aromatic N) is 3. The van der Waals surface area contributed by atoms with Crippen molar-refractivity contribution < 1.29 is 19.1 Å². The zero-order chi connectivity index (χ0) is 28.5. The smallest absolute Gasteiger partial charge is 0.331 e. The topological polar surface area (TPSA) is 126 Å². The summed E-state index contributed by atoms with van der Waals surface area (Å²) in [6.45, 7) is 1.88. The lowest BCUT2D eigenvalue weighted by atomic mass is 10.1. The fourth-order valence-electron chi connectivity index (χ4n) is 5.31. The number of aryl methyl sites for hydroxylation is 1. The second-order valence-electron chi connectivity index (χ2n) is 9.93. The fourth-order valence-corrected chi connectivity index (χ4v) is 6.50.